The van der Waals surface area contributed by atoms with E-state index in [2.05, 4.69) is 4.74 Å². The standard InChI is InChI=1S/C11H13BO4.C9H11BO3/c13-8-15-5-1-2-9-3-4-10-7-16-12(14)11(10)6-9;1-12-5-7-2-3-8-6-13-10(11)9(8)4-7/h3-4,6,8,14H,1-2,5,7H2;2-4,11H,5-6H2,1H3. The molecule has 0 aromatic heterocycles. The average Bonchev–Trinajstić information content (AvgIpc) is 3.29. The third-order valence-corrected chi connectivity index (χ3v) is 4.85. The molecule has 0 saturated carbocycles. The molecule has 4 rings (SSSR count). The van der Waals surface area contributed by atoms with E-state index < -0.39 is 14.2 Å². The summed E-state index contributed by atoms with van der Waals surface area (Å²) in [4.78, 5) is 9.94. The molecule has 7 nitrogen and oxygen atoms in total. The van der Waals surface area contributed by atoms with E-state index in [0.29, 0.717) is 32.9 Å². The van der Waals surface area contributed by atoms with Crippen LogP contribution in [-0.2, 0) is 49.8 Å². The normalized spacial score (nSPS) is 14.2. The van der Waals surface area contributed by atoms with Gasteiger partial charge in [0.2, 0.25) is 0 Å². The fourth-order valence-corrected chi connectivity index (χ4v) is 3.35. The lowest BCUT2D eigenvalue weighted by atomic mass is 9.78. The quantitative estimate of drug-likeness (QED) is 0.387. The van der Waals surface area contributed by atoms with Crippen LogP contribution in [0.1, 0.15) is 28.7 Å². The van der Waals surface area contributed by atoms with E-state index in [9.17, 15) is 14.8 Å². The van der Waals surface area contributed by atoms with Crippen molar-refractivity contribution in [3.8, 4) is 0 Å². The Kier molecular flexibility index (Phi) is 7.85. The largest absolute Gasteiger partial charge is 0.491 e. The topological polar surface area (TPSA) is 94.5 Å². The Hall–Kier alpha value is -2.16. The predicted molar refractivity (Wildman–Crippen MR) is 109 cm³/mol. The number of ether oxygens (including phenoxy) is 2. The van der Waals surface area contributed by atoms with Crippen molar-refractivity contribution in [2.75, 3.05) is 13.7 Å². The number of carbonyl (C=O) groups excluding carboxylic acids is 1. The van der Waals surface area contributed by atoms with Crippen LogP contribution in [0.3, 0.4) is 0 Å². The van der Waals surface area contributed by atoms with E-state index in [1.165, 1.54) is 0 Å². The van der Waals surface area contributed by atoms with Gasteiger partial charge in [0.15, 0.2) is 0 Å². The smallest absolute Gasteiger partial charge is 0.468 e. The maximum atomic E-state index is 9.94. The van der Waals surface area contributed by atoms with Gasteiger partial charge in [0.05, 0.1) is 26.4 Å². The number of hydrogen-bond donors (Lipinski definition) is 2. The van der Waals surface area contributed by atoms with Crippen molar-refractivity contribution < 1.29 is 33.6 Å². The molecule has 0 saturated heterocycles. The molecule has 29 heavy (non-hydrogen) atoms. The predicted octanol–water partition coefficient (Wildman–Crippen LogP) is 0.0606. The fraction of sp³-hybridized carbons (Fsp3) is 0.350. The molecule has 0 bridgehead atoms. The van der Waals surface area contributed by atoms with Gasteiger partial charge in [0.25, 0.3) is 6.47 Å². The molecular formula is C20H24B2O7. The number of methoxy groups -OCH3 is 1. The van der Waals surface area contributed by atoms with E-state index in [0.717, 1.165) is 46.0 Å². The molecule has 0 fully saturated rings. The number of benzene rings is 2. The maximum absolute atomic E-state index is 9.94. The fourth-order valence-electron chi connectivity index (χ4n) is 3.35. The molecule has 0 radical (unpaired) electrons. The lowest BCUT2D eigenvalue weighted by molar-refractivity contribution is -0.128. The van der Waals surface area contributed by atoms with Gasteiger partial charge < -0.3 is 28.8 Å². The second-order valence-corrected chi connectivity index (χ2v) is 6.90. The first kappa shape index (κ1) is 21.5. The van der Waals surface area contributed by atoms with Gasteiger partial charge in [-0.25, -0.2) is 0 Å². The van der Waals surface area contributed by atoms with Crippen molar-refractivity contribution in [2.45, 2.75) is 32.7 Å². The monoisotopic (exact) mass is 398 g/mol. The molecule has 2 aromatic carbocycles. The number of rotatable bonds is 7. The van der Waals surface area contributed by atoms with Crippen LogP contribution in [0.15, 0.2) is 36.4 Å². The zero-order chi connectivity index (χ0) is 20.6. The Morgan fingerprint density at radius 3 is 2.17 bits per heavy atom. The highest BCUT2D eigenvalue weighted by Gasteiger charge is 2.27. The summed E-state index contributed by atoms with van der Waals surface area (Å²) in [7, 11) is 0.105. The SMILES string of the molecule is COCc1ccc2c(c1)B(O)OC2.O=COCCCc1ccc2c(c1)B(O)OC2. The van der Waals surface area contributed by atoms with Gasteiger partial charge in [-0.15, -0.1) is 0 Å². The Balaban J connectivity index is 0.000000169. The summed E-state index contributed by atoms with van der Waals surface area (Å²) < 4.78 is 19.8. The molecule has 9 heteroatoms. The van der Waals surface area contributed by atoms with Crippen molar-refractivity contribution in [1.29, 1.82) is 0 Å². The second kappa shape index (κ2) is 10.6. The first-order chi connectivity index (χ1) is 14.1. The highest BCUT2D eigenvalue weighted by Crippen LogP contribution is 2.13. The average molecular weight is 398 g/mol. The van der Waals surface area contributed by atoms with Crippen LogP contribution in [0.2, 0.25) is 0 Å². The number of carbonyl (C=O) groups is 1. The number of fused-ring (bicyclic) bond motifs is 2. The molecule has 2 aliphatic rings. The van der Waals surface area contributed by atoms with Crippen LogP contribution in [0.25, 0.3) is 0 Å². The van der Waals surface area contributed by atoms with E-state index in [1.54, 1.807) is 7.11 Å². The summed E-state index contributed by atoms with van der Waals surface area (Å²) in [5, 5.41) is 18.9. The van der Waals surface area contributed by atoms with Crippen molar-refractivity contribution in [3.05, 3.63) is 58.7 Å². The van der Waals surface area contributed by atoms with Crippen LogP contribution in [0, 0.1) is 0 Å². The molecule has 0 spiro atoms. The third kappa shape index (κ3) is 5.68. The van der Waals surface area contributed by atoms with Crippen LogP contribution >= 0.6 is 0 Å². The first-order valence-corrected chi connectivity index (χ1v) is 9.49. The molecule has 0 aliphatic carbocycles. The lowest BCUT2D eigenvalue weighted by Gasteiger charge is -2.04. The van der Waals surface area contributed by atoms with Crippen LogP contribution in [0.5, 0.6) is 0 Å². The van der Waals surface area contributed by atoms with Crippen molar-refractivity contribution in [1.82, 2.24) is 0 Å². The summed E-state index contributed by atoms with van der Waals surface area (Å²) in [5.74, 6) is 0. The zero-order valence-electron chi connectivity index (χ0n) is 16.4. The van der Waals surface area contributed by atoms with Gasteiger partial charge in [-0.3, -0.25) is 4.79 Å². The Morgan fingerprint density at radius 2 is 1.59 bits per heavy atom. The van der Waals surface area contributed by atoms with E-state index >= 15 is 0 Å². The second-order valence-electron chi connectivity index (χ2n) is 6.90. The lowest BCUT2D eigenvalue weighted by Crippen LogP contribution is -2.28. The molecule has 2 heterocycles. The minimum Gasteiger partial charge on any atom is -0.468 e. The molecular weight excluding hydrogens is 374 g/mol. The molecule has 152 valence electrons. The molecule has 0 amide bonds. The van der Waals surface area contributed by atoms with E-state index in [-0.39, 0.29) is 0 Å². The Bertz CT molecular complexity index is 830. The van der Waals surface area contributed by atoms with Crippen LogP contribution in [0.4, 0.5) is 0 Å². The molecule has 2 aromatic rings. The van der Waals surface area contributed by atoms with Crippen LogP contribution < -0.4 is 10.9 Å². The molecule has 2 aliphatic heterocycles. The number of hydrogen-bond acceptors (Lipinski definition) is 7. The van der Waals surface area contributed by atoms with Gasteiger partial charge in [-0.1, -0.05) is 36.4 Å². The molecule has 2 N–H and O–H groups in total. The number of aryl methyl sites for hydroxylation is 1. The van der Waals surface area contributed by atoms with Gasteiger partial charge >= 0.3 is 14.2 Å². The molecule has 0 unspecified atom stereocenters. The van der Waals surface area contributed by atoms with Crippen molar-refractivity contribution >= 4 is 31.6 Å². The zero-order valence-corrected chi connectivity index (χ0v) is 16.4. The van der Waals surface area contributed by atoms with Gasteiger partial charge in [0.1, 0.15) is 0 Å². The Labute approximate surface area is 170 Å². The van der Waals surface area contributed by atoms with Gasteiger partial charge in [0, 0.05) is 7.11 Å². The highest BCUT2D eigenvalue weighted by molar-refractivity contribution is 6.62. The minimum absolute atomic E-state index is 0.430. The van der Waals surface area contributed by atoms with E-state index in [1.807, 2.05) is 36.4 Å². The summed E-state index contributed by atoms with van der Waals surface area (Å²) in [6, 6.07) is 11.8. The summed E-state index contributed by atoms with van der Waals surface area (Å²) in [5.41, 5.74) is 6.01. The summed E-state index contributed by atoms with van der Waals surface area (Å²) >= 11 is 0. The summed E-state index contributed by atoms with van der Waals surface area (Å²) in [6.07, 6.45) is 1.61. The summed E-state index contributed by atoms with van der Waals surface area (Å²) in [6.45, 7) is 2.44. The third-order valence-electron chi connectivity index (χ3n) is 4.85. The minimum atomic E-state index is -0.791. The van der Waals surface area contributed by atoms with Gasteiger partial charge in [-0.05, 0) is 46.0 Å². The van der Waals surface area contributed by atoms with Crippen molar-refractivity contribution in [3.63, 3.8) is 0 Å². The highest BCUT2D eigenvalue weighted by atomic mass is 16.5. The van der Waals surface area contributed by atoms with Crippen molar-refractivity contribution in [2.24, 2.45) is 0 Å². The van der Waals surface area contributed by atoms with E-state index in [4.69, 9.17) is 14.0 Å². The first-order valence-electron chi connectivity index (χ1n) is 9.49. The Morgan fingerprint density at radius 1 is 1.00 bits per heavy atom. The maximum Gasteiger partial charge on any atom is 0.491 e. The van der Waals surface area contributed by atoms with Gasteiger partial charge in [-0.2, -0.15) is 0 Å². The van der Waals surface area contributed by atoms with Crippen LogP contribution in [-0.4, -0.2) is 44.5 Å². The molecule has 0 atom stereocenters.